The number of nitrogens with two attached hydrogens (primary N) is 1. The molecule has 0 spiro atoms. The largest absolute Gasteiger partial charge is 0.309 e. The fraction of sp³-hybridized carbons (Fsp3) is 0.111. The number of hydrogen-bond donors (Lipinski definition) is 2. The first kappa shape index (κ1) is 12.6. The van der Waals surface area contributed by atoms with Gasteiger partial charge in [-0.1, -0.05) is 0 Å². The molecule has 0 aromatic carbocycles. The minimum Gasteiger partial charge on any atom is -0.309 e. The van der Waals surface area contributed by atoms with Crippen LogP contribution in [0.2, 0.25) is 0 Å². The first-order chi connectivity index (χ1) is 7.60. The Morgan fingerprint density at radius 1 is 1.69 bits per heavy atom. The Balaban J connectivity index is 3.26. The Hall–Kier alpha value is -1.47. The zero-order valence-electron chi connectivity index (χ0n) is 8.45. The zero-order valence-corrected chi connectivity index (χ0v) is 9.26. The molecule has 1 aromatic heterocycles. The predicted molar refractivity (Wildman–Crippen MR) is 60.4 cm³/mol. The maximum Gasteiger partial charge on any atom is 0.181 e. The Morgan fingerprint density at radius 3 is 2.94 bits per heavy atom. The lowest BCUT2D eigenvalue weighted by Gasteiger charge is -2.16. The SMILES string of the molecule is Cc1cc(/C(=C/C=N)N(N)SF)c(F)cn1. The van der Waals surface area contributed by atoms with Crippen molar-refractivity contribution >= 4 is 24.2 Å². The second-order valence-electron chi connectivity index (χ2n) is 2.92. The highest BCUT2D eigenvalue weighted by molar-refractivity contribution is 7.92. The summed E-state index contributed by atoms with van der Waals surface area (Å²) in [6, 6.07) is 1.43. The molecule has 0 saturated heterocycles. The number of rotatable bonds is 4. The van der Waals surface area contributed by atoms with Crippen LogP contribution in [0.15, 0.2) is 18.3 Å². The van der Waals surface area contributed by atoms with Gasteiger partial charge in [0.05, 0.1) is 11.9 Å². The van der Waals surface area contributed by atoms with Crippen LogP contribution in [0.1, 0.15) is 11.3 Å². The van der Waals surface area contributed by atoms with Crippen molar-refractivity contribution in [3.8, 4) is 0 Å². The predicted octanol–water partition coefficient (Wildman–Crippen LogP) is 2.23. The van der Waals surface area contributed by atoms with E-state index >= 15 is 0 Å². The van der Waals surface area contributed by atoms with Crippen LogP contribution in [-0.4, -0.2) is 15.6 Å². The van der Waals surface area contributed by atoms with Crippen LogP contribution in [0.25, 0.3) is 5.70 Å². The number of hydrogen-bond acceptors (Lipinski definition) is 5. The Morgan fingerprint density at radius 2 is 2.38 bits per heavy atom. The third-order valence-electron chi connectivity index (χ3n) is 1.82. The van der Waals surface area contributed by atoms with Gasteiger partial charge in [0, 0.05) is 17.5 Å². The molecule has 1 aromatic rings. The molecule has 0 amide bonds. The van der Waals surface area contributed by atoms with Crippen LogP contribution in [0, 0.1) is 18.2 Å². The molecule has 0 atom stereocenters. The molecule has 0 bridgehead atoms. The normalized spacial score (nSPS) is 11.4. The molecule has 0 saturated carbocycles. The van der Waals surface area contributed by atoms with E-state index in [0.29, 0.717) is 10.1 Å². The summed E-state index contributed by atoms with van der Waals surface area (Å²) in [5.74, 6) is 4.69. The second kappa shape index (κ2) is 5.57. The molecule has 0 unspecified atom stereocenters. The lowest BCUT2D eigenvalue weighted by atomic mass is 10.1. The van der Waals surface area contributed by atoms with E-state index < -0.39 is 5.82 Å². The summed E-state index contributed by atoms with van der Waals surface area (Å²) < 4.78 is 26.4. The standard InChI is InChI=1S/C9H10F2N4S/c1-6-4-7(8(10)5-14-6)9(2-3-12)15(13)16-11/h2-5,12H,13H2,1H3/b9-2-,12-3?. The number of nitrogens with zero attached hydrogens (tertiary/aromatic N) is 2. The smallest absolute Gasteiger partial charge is 0.181 e. The number of allylic oxidation sites excluding steroid dienone is 1. The van der Waals surface area contributed by atoms with Crippen molar-refractivity contribution in [3.63, 3.8) is 0 Å². The molecule has 16 heavy (non-hydrogen) atoms. The monoisotopic (exact) mass is 244 g/mol. The van der Waals surface area contributed by atoms with Crippen molar-refractivity contribution in [3.05, 3.63) is 35.4 Å². The van der Waals surface area contributed by atoms with Crippen molar-refractivity contribution in [1.82, 2.24) is 9.40 Å². The number of nitrogens with one attached hydrogen (secondary N) is 1. The van der Waals surface area contributed by atoms with Crippen molar-refractivity contribution < 1.29 is 8.28 Å². The van der Waals surface area contributed by atoms with Gasteiger partial charge in [0.1, 0.15) is 0 Å². The van der Waals surface area contributed by atoms with Gasteiger partial charge in [-0.05, 0) is 19.1 Å². The Kier molecular flexibility index (Phi) is 4.39. The van der Waals surface area contributed by atoms with Crippen LogP contribution in [0.4, 0.5) is 8.28 Å². The molecular formula is C9H10F2N4S. The fourth-order valence-electron chi connectivity index (χ4n) is 1.14. The van der Waals surface area contributed by atoms with Crippen molar-refractivity contribution in [2.45, 2.75) is 6.92 Å². The van der Waals surface area contributed by atoms with Gasteiger partial charge in [-0.15, -0.1) is 3.89 Å². The highest BCUT2D eigenvalue weighted by Gasteiger charge is 2.14. The van der Waals surface area contributed by atoms with Crippen molar-refractivity contribution in [2.24, 2.45) is 5.84 Å². The van der Waals surface area contributed by atoms with Crippen LogP contribution in [-0.2, 0) is 0 Å². The number of pyridine rings is 1. The first-order valence-corrected chi connectivity index (χ1v) is 4.94. The summed E-state index contributed by atoms with van der Waals surface area (Å²) in [5.41, 5.74) is 0.735. The minimum absolute atomic E-state index is 0.0606. The topological polar surface area (TPSA) is 66.0 Å². The third-order valence-corrected chi connectivity index (χ3v) is 2.17. The lowest BCUT2D eigenvalue weighted by Crippen LogP contribution is -2.21. The van der Waals surface area contributed by atoms with Crippen LogP contribution < -0.4 is 5.84 Å². The number of aryl methyl sites for hydroxylation is 1. The van der Waals surface area contributed by atoms with E-state index in [1.165, 1.54) is 12.1 Å². The van der Waals surface area contributed by atoms with E-state index in [9.17, 15) is 8.28 Å². The highest BCUT2D eigenvalue weighted by Crippen LogP contribution is 2.25. The van der Waals surface area contributed by atoms with Gasteiger partial charge in [-0.2, -0.15) is 0 Å². The summed E-state index contributed by atoms with van der Waals surface area (Å²) >= 11 is -0.265. The summed E-state index contributed by atoms with van der Waals surface area (Å²) in [7, 11) is 0. The summed E-state index contributed by atoms with van der Waals surface area (Å²) in [4.78, 5) is 3.75. The Labute approximate surface area is 96.1 Å². The maximum absolute atomic E-state index is 13.4. The molecule has 0 aliphatic heterocycles. The zero-order chi connectivity index (χ0) is 12.1. The molecule has 0 aliphatic carbocycles. The number of aromatic nitrogens is 1. The van der Waals surface area contributed by atoms with E-state index in [2.05, 4.69) is 4.98 Å². The summed E-state index contributed by atoms with van der Waals surface area (Å²) in [6.45, 7) is 1.68. The molecule has 3 N–H and O–H groups in total. The molecule has 0 fully saturated rings. The molecule has 86 valence electrons. The van der Waals surface area contributed by atoms with Gasteiger partial charge in [-0.3, -0.25) is 4.98 Å². The van der Waals surface area contributed by atoms with E-state index in [1.54, 1.807) is 6.92 Å². The average molecular weight is 244 g/mol. The molecule has 4 nitrogen and oxygen atoms in total. The van der Waals surface area contributed by atoms with Crippen molar-refractivity contribution in [1.29, 1.82) is 5.41 Å². The van der Waals surface area contributed by atoms with Gasteiger partial charge >= 0.3 is 0 Å². The summed E-state index contributed by atoms with van der Waals surface area (Å²) in [6.07, 6.45) is 3.13. The van der Waals surface area contributed by atoms with Crippen molar-refractivity contribution in [2.75, 3.05) is 0 Å². The fourth-order valence-corrected chi connectivity index (χ4v) is 1.37. The third kappa shape index (κ3) is 2.77. The van der Waals surface area contributed by atoms with Crippen LogP contribution >= 0.6 is 12.3 Å². The van der Waals surface area contributed by atoms with E-state index in [4.69, 9.17) is 11.3 Å². The van der Waals surface area contributed by atoms with E-state index in [0.717, 1.165) is 12.4 Å². The van der Waals surface area contributed by atoms with Gasteiger partial charge in [0.25, 0.3) is 0 Å². The molecule has 7 heteroatoms. The Bertz CT molecular complexity index is 422. The molecule has 1 rings (SSSR count). The molecule has 1 heterocycles. The minimum atomic E-state index is -0.622. The molecular weight excluding hydrogens is 234 g/mol. The lowest BCUT2D eigenvalue weighted by molar-refractivity contribution is 0.601. The van der Waals surface area contributed by atoms with Gasteiger partial charge in [0.2, 0.25) is 0 Å². The summed E-state index contributed by atoms with van der Waals surface area (Å²) in [5, 5.41) is 6.92. The number of hydrazine groups is 1. The highest BCUT2D eigenvalue weighted by atomic mass is 32.2. The maximum atomic E-state index is 13.4. The quantitative estimate of drug-likeness (QED) is 0.369. The first-order valence-electron chi connectivity index (χ1n) is 4.27. The number of halogens is 2. The van der Waals surface area contributed by atoms with E-state index in [-0.39, 0.29) is 23.6 Å². The molecule has 0 aliphatic rings. The van der Waals surface area contributed by atoms with Gasteiger partial charge in [-0.25, -0.2) is 14.6 Å². The van der Waals surface area contributed by atoms with Crippen LogP contribution in [0.5, 0.6) is 0 Å². The van der Waals surface area contributed by atoms with E-state index in [1.807, 2.05) is 0 Å². The van der Waals surface area contributed by atoms with Gasteiger partial charge < -0.3 is 5.41 Å². The van der Waals surface area contributed by atoms with Crippen LogP contribution in [0.3, 0.4) is 0 Å². The molecule has 0 radical (unpaired) electrons. The average Bonchev–Trinajstić information content (AvgIpc) is 2.28. The second-order valence-corrected chi connectivity index (χ2v) is 3.45. The van der Waals surface area contributed by atoms with Gasteiger partial charge in [0.15, 0.2) is 18.2 Å².